The molecule has 1 aromatic heterocycles. The van der Waals surface area contributed by atoms with Crippen molar-refractivity contribution >= 4 is 17.6 Å². The van der Waals surface area contributed by atoms with Crippen LogP contribution in [0.15, 0.2) is 48.5 Å². The van der Waals surface area contributed by atoms with Crippen molar-refractivity contribution < 1.29 is 9.59 Å². The predicted molar refractivity (Wildman–Crippen MR) is 95.7 cm³/mol. The molecule has 2 amide bonds. The summed E-state index contributed by atoms with van der Waals surface area (Å²) in [5.41, 5.74) is 1.60. The number of anilines is 1. The van der Waals surface area contributed by atoms with Crippen LogP contribution in [-0.4, -0.2) is 34.3 Å². The Morgan fingerprint density at radius 1 is 1.16 bits per heavy atom. The third kappa shape index (κ3) is 4.24. The molecule has 0 unspecified atom stereocenters. The van der Waals surface area contributed by atoms with Crippen LogP contribution in [0.3, 0.4) is 0 Å². The topological polar surface area (TPSA) is 62.3 Å². The molecule has 1 aromatic carbocycles. The molecule has 2 aromatic rings. The van der Waals surface area contributed by atoms with Gasteiger partial charge in [0, 0.05) is 23.7 Å². The number of benzene rings is 1. The largest absolute Gasteiger partial charge is 0.320 e. The maximum absolute atomic E-state index is 12.5. The standard InChI is InChI=1S/C20H19N3O2/c1-15-7-5-11-18(21-15)22-20(25)17-10-6-14-23(17)19(24)13-12-16-8-3-2-4-9-16/h2-5,7-9,11,17H,6,10,14H2,1H3,(H,21,22,25)/t17-/m0/s1. The molecule has 1 saturated heterocycles. The van der Waals surface area contributed by atoms with Crippen molar-refractivity contribution in [3.8, 4) is 11.8 Å². The van der Waals surface area contributed by atoms with E-state index in [0.29, 0.717) is 18.8 Å². The molecule has 0 saturated carbocycles. The fourth-order valence-electron chi connectivity index (χ4n) is 2.82. The SMILES string of the molecule is Cc1cccc(NC(=O)[C@@H]2CCCN2C(=O)C#Cc2ccccc2)n1. The summed E-state index contributed by atoms with van der Waals surface area (Å²) in [6, 6.07) is 14.3. The Labute approximate surface area is 147 Å². The van der Waals surface area contributed by atoms with Gasteiger partial charge in [-0.1, -0.05) is 30.2 Å². The van der Waals surface area contributed by atoms with E-state index in [-0.39, 0.29) is 11.8 Å². The number of hydrogen-bond donors (Lipinski definition) is 1. The number of rotatable bonds is 2. The van der Waals surface area contributed by atoms with Gasteiger partial charge in [0.15, 0.2) is 0 Å². The van der Waals surface area contributed by atoms with Crippen molar-refractivity contribution in [2.75, 3.05) is 11.9 Å². The van der Waals surface area contributed by atoms with Crippen molar-refractivity contribution in [1.29, 1.82) is 0 Å². The van der Waals surface area contributed by atoms with E-state index in [0.717, 1.165) is 17.7 Å². The zero-order valence-corrected chi connectivity index (χ0v) is 14.0. The van der Waals surface area contributed by atoms with Gasteiger partial charge in [-0.2, -0.15) is 0 Å². The molecule has 5 heteroatoms. The number of nitrogens with one attached hydrogen (secondary N) is 1. The Kier molecular flexibility index (Phi) is 5.10. The third-order valence-corrected chi connectivity index (χ3v) is 4.04. The predicted octanol–water partition coefficient (Wildman–Crippen LogP) is 2.37. The van der Waals surface area contributed by atoms with E-state index in [1.807, 2.05) is 49.4 Å². The number of likely N-dealkylation sites (tertiary alicyclic amines) is 1. The second kappa shape index (κ2) is 7.63. The van der Waals surface area contributed by atoms with Gasteiger partial charge in [-0.3, -0.25) is 9.59 Å². The average molecular weight is 333 g/mol. The Hall–Kier alpha value is -3.13. The molecular formula is C20H19N3O2. The first kappa shape index (κ1) is 16.7. The molecule has 0 spiro atoms. The Morgan fingerprint density at radius 3 is 2.72 bits per heavy atom. The van der Waals surface area contributed by atoms with Crippen molar-refractivity contribution in [3.05, 3.63) is 59.8 Å². The maximum Gasteiger partial charge on any atom is 0.299 e. The van der Waals surface area contributed by atoms with E-state index in [2.05, 4.69) is 22.1 Å². The van der Waals surface area contributed by atoms with Gasteiger partial charge in [-0.25, -0.2) is 4.98 Å². The van der Waals surface area contributed by atoms with Crippen LogP contribution in [-0.2, 0) is 9.59 Å². The van der Waals surface area contributed by atoms with Crippen molar-refractivity contribution in [2.45, 2.75) is 25.8 Å². The lowest BCUT2D eigenvalue weighted by molar-refractivity contribution is -0.132. The van der Waals surface area contributed by atoms with Crippen molar-refractivity contribution in [2.24, 2.45) is 0 Å². The summed E-state index contributed by atoms with van der Waals surface area (Å²) in [5.74, 6) is 5.45. The van der Waals surface area contributed by atoms with Crippen LogP contribution >= 0.6 is 0 Å². The van der Waals surface area contributed by atoms with Crippen molar-refractivity contribution in [1.82, 2.24) is 9.88 Å². The number of carbonyl (C=O) groups excluding carboxylic acids is 2. The Bertz CT molecular complexity index is 837. The number of amides is 2. The van der Waals surface area contributed by atoms with Crippen molar-refractivity contribution in [3.63, 3.8) is 0 Å². The summed E-state index contributed by atoms with van der Waals surface area (Å²) in [5, 5.41) is 2.79. The van der Waals surface area contributed by atoms with Crippen LogP contribution in [0, 0.1) is 18.8 Å². The fourth-order valence-corrected chi connectivity index (χ4v) is 2.82. The number of aryl methyl sites for hydroxylation is 1. The lowest BCUT2D eigenvalue weighted by atomic mass is 10.2. The molecule has 1 N–H and O–H groups in total. The van der Waals surface area contributed by atoms with Crippen LogP contribution in [0.4, 0.5) is 5.82 Å². The minimum Gasteiger partial charge on any atom is -0.320 e. The van der Waals surface area contributed by atoms with Gasteiger partial charge in [0.2, 0.25) is 5.91 Å². The summed E-state index contributed by atoms with van der Waals surface area (Å²) in [6.45, 7) is 2.40. The highest BCUT2D eigenvalue weighted by molar-refractivity contribution is 6.01. The first-order chi connectivity index (χ1) is 12.1. The van der Waals surface area contributed by atoms with Gasteiger partial charge < -0.3 is 10.2 Å². The maximum atomic E-state index is 12.5. The molecule has 1 aliphatic rings. The molecule has 2 heterocycles. The highest BCUT2D eigenvalue weighted by atomic mass is 16.2. The van der Waals surface area contributed by atoms with Crippen LogP contribution in [0.1, 0.15) is 24.1 Å². The molecule has 0 radical (unpaired) electrons. The monoisotopic (exact) mass is 333 g/mol. The number of pyridine rings is 1. The van der Waals surface area contributed by atoms with Crippen LogP contribution in [0.25, 0.3) is 0 Å². The molecular weight excluding hydrogens is 314 g/mol. The quantitative estimate of drug-likeness (QED) is 0.858. The van der Waals surface area contributed by atoms with Gasteiger partial charge in [0.1, 0.15) is 11.9 Å². The zero-order chi connectivity index (χ0) is 17.6. The molecule has 1 aliphatic heterocycles. The minimum absolute atomic E-state index is 0.217. The van der Waals surface area contributed by atoms with Crippen LogP contribution in [0.5, 0.6) is 0 Å². The van der Waals surface area contributed by atoms with Gasteiger partial charge in [-0.05, 0) is 44.0 Å². The number of carbonyl (C=O) groups is 2. The summed E-state index contributed by atoms with van der Waals surface area (Å²) in [4.78, 5) is 30.7. The normalized spacial score (nSPS) is 16.0. The van der Waals surface area contributed by atoms with Gasteiger partial charge >= 0.3 is 0 Å². The third-order valence-electron chi connectivity index (χ3n) is 4.04. The molecule has 126 valence electrons. The molecule has 0 aliphatic carbocycles. The molecule has 5 nitrogen and oxygen atoms in total. The summed E-state index contributed by atoms with van der Waals surface area (Å²) < 4.78 is 0. The van der Waals surface area contributed by atoms with Gasteiger partial charge in [-0.15, -0.1) is 0 Å². The summed E-state index contributed by atoms with van der Waals surface area (Å²) in [6.07, 6.45) is 1.43. The van der Waals surface area contributed by atoms with Crippen LogP contribution in [0.2, 0.25) is 0 Å². The van der Waals surface area contributed by atoms with E-state index in [9.17, 15) is 9.59 Å². The molecule has 0 bridgehead atoms. The molecule has 25 heavy (non-hydrogen) atoms. The smallest absolute Gasteiger partial charge is 0.299 e. The first-order valence-corrected chi connectivity index (χ1v) is 8.26. The van der Waals surface area contributed by atoms with Gasteiger partial charge in [0.05, 0.1) is 0 Å². The van der Waals surface area contributed by atoms with E-state index < -0.39 is 6.04 Å². The minimum atomic E-state index is -0.500. The zero-order valence-electron chi connectivity index (χ0n) is 14.0. The second-order valence-corrected chi connectivity index (χ2v) is 5.93. The Morgan fingerprint density at radius 2 is 1.96 bits per heavy atom. The lowest BCUT2D eigenvalue weighted by Gasteiger charge is -2.21. The van der Waals surface area contributed by atoms with E-state index in [4.69, 9.17) is 0 Å². The van der Waals surface area contributed by atoms with E-state index in [1.54, 1.807) is 11.0 Å². The van der Waals surface area contributed by atoms with Gasteiger partial charge in [0.25, 0.3) is 5.91 Å². The fraction of sp³-hybridized carbons (Fsp3) is 0.250. The number of hydrogen-bond acceptors (Lipinski definition) is 3. The average Bonchev–Trinajstić information content (AvgIpc) is 3.10. The highest BCUT2D eigenvalue weighted by Gasteiger charge is 2.33. The van der Waals surface area contributed by atoms with E-state index >= 15 is 0 Å². The molecule has 1 atom stereocenters. The number of aromatic nitrogens is 1. The van der Waals surface area contributed by atoms with E-state index in [1.165, 1.54) is 0 Å². The Balaban J connectivity index is 1.68. The summed E-state index contributed by atoms with van der Waals surface area (Å²) in [7, 11) is 0. The number of nitrogens with zero attached hydrogens (tertiary/aromatic N) is 2. The highest BCUT2D eigenvalue weighted by Crippen LogP contribution is 2.19. The summed E-state index contributed by atoms with van der Waals surface area (Å²) >= 11 is 0. The van der Waals surface area contributed by atoms with Crippen LogP contribution < -0.4 is 5.32 Å². The lowest BCUT2D eigenvalue weighted by Crippen LogP contribution is -2.42. The molecule has 1 fully saturated rings. The first-order valence-electron chi connectivity index (χ1n) is 8.26. The second-order valence-electron chi connectivity index (χ2n) is 5.93. The molecule has 3 rings (SSSR count).